The van der Waals surface area contributed by atoms with Crippen LogP contribution < -0.4 is 0 Å². The highest BCUT2D eigenvalue weighted by Crippen LogP contribution is 2.55. The summed E-state index contributed by atoms with van der Waals surface area (Å²) in [5.41, 5.74) is 0. The van der Waals surface area contributed by atoms with Gasteiger partial charge in [-0.3, -0.25) is 0 Å². The van der Waals surface area contributed by atoms with Crippen molar-refractivity contribution < 1.29 is 19.3 Å². The van der Waals surface area contributed by atoms with Gasteiger partial charge in [0.05, 0.1) is 24.2 Å². The Morgan fingerprint density at radius 3 is 2.29 bits per heavy atom. The number of hydrogen-bond acceptors (Lipinski definition) is 4. The molecular weight excluding hydrogens is 184 g/mol. The Morgan fingerprint density at radius 2 is 1.93 bits per heavy atom. The summed E-state index contributed by atoms with van der Waals surface area (Å²) in [4.78, 5) is 0. The van der Waals surface area contributed by atoms with Crippen LogP contribution in [0.15, 0.2) is 0 Å². The van der Waals surface area contributed by atoms with Gasteiger partial charge in [0.2, 0.25) is 0 Å². The Kier molecular flexibility index (Phi) is 2.34. The molecule has 14 heavy (non-hydrogen) atoms. The molecule has 1 aliphatic heterocycles. The average molecular weight is 202 g/mol. The van der Waals surface area contributed by atoms with Crippen LogP contribution >= 0.6 is 0 Å². The molecule has 2 fully saturated rings. The Balaban J connectivity index is 2.27. The average Bonchev–Trinajstić information content (AvgIpc) is 2.29. The Hall–Kier alpha value is -0.160. The summed E-state index contributed by atoms with van der Waals surface area (Å²) < 4.78 is 16.4. The van der Waals surface area contributed by atoms with Crippen molar-refractivity contribution in [3.63, 3.8) is 0 Å². The second-order valence-electron chi connectivity index (χ2n) is 4.25. The minimum Gasteiger partial charge on any atom is -0.390 e. The molecule has 1 saturated heterocycles. The fraction of sp³-hybridized carbons (Fsp3) is 1.00. The van der Waals surface area contributed by atoms with Crippen LogP contribution in [0.4, 0.5) is 0 Å². The largest absolute Gasteiger partial charge is 0.390 e. The third-order valence-electron chi connectivity index (χ3n) is 3.76. The normalized spacial score (nSPS) is 56.8. The molecule has 0 radical (unpaired) electrons. The van der Waals surface area contributed by atoms with Gasteiger partial charge in [-0.2, -0.15) is 0 Å². The molecule has 2 aliphatic rings. The molecule has 0 spiro atoms. The predicted octanol–water partition coefficient (Wildman–Crippen LogP) is 0.390. The smallest absolute Gasteiger partial charge is 0.181 e. The first kappa shape index (κ1) is 10.4. The minimum atomic E-state index is -0.625. The van der Waals surface area contributed by atoms with Crippen molar-refractivity contribution >= 4 is 0 Å². The zero-order chi connectivity index (χ0) is 10.5. The van der Waals surface area contributed by atoms with E-state index in [1.807, 2.05) is 13.8 Å². The van der Waals surface area contributed by atoms with Crippen LogP contribution in [-0.2, 0) is 14.2 Å². The van der Waals surface area contributed by atoms with E-state index in [1.54, 1.807) is 14.2 Å². The van der Waals surface area contributed by atoms with Gasteiger partial charge in [-0.15, -0.1) is 0 Å². The number of rotatable bonds is 2. The SMILES string of the molecule is COC1C(O)C2C(C)OC2(OC)C1C. The van der Waals surface area contributed by atoms with Gasteiger partial charge in [0.15, 0.2) is 5.79 Å². The molecule has 4 nitrogen and oxygen atoms in total. The van der Waals surface area contributed by atoms with Crippen LogP contribution in [0.25, 0.3) is 0 Å². The summed E-state index contributed by atoms with van der Waals surface area (Å²) in [6.07, 6.45) is -0.629. The van der Waals surface area contributed by atoms with Crippen molar-refractivity contribution in [2.24, 2.45) is 11.8 Å². The molecule has 0 aromatic heterocycles. The van der Waals surface area contributed by atoms with E-state index in [-0.39, 0.29) is 24.0 Å². The maximum atomic E-state index is 10.0. The molecular formula is C10H18O4. The third-order valence-corrected chi connectivity index (χ3v) is 3.76. The van der Waals surface area contributed by atoms with Crippen LogP contribution in [-0.4, -0.2) is 43.4 Å². The number of fused-ring (bicyclic) bond motifs is 1. The molecule has 82 valence electrons. The number of ether oxygens (including phenoxy) is 3. The van der Waals surface area contributed by atoms with Crippen LogP contribution in [0.2, 0.25) is 0 Å². The monoisotopic (exact) mass is 202 g/mol. The quantitative estimate of drug-likeness (QED) is 0.703. The van der Waals surface area contributed by atoms with E-state index < -0.39 is 11.9 Å². The Labute approximate surface area is 84.1 Å². The van der Waals surface area contributed by atoms with Crippen molar-refractivity contribution in [2.45, 2.75) is 37.9 Å². The van der Waals surface area contributed by atoms with E-state index in [1.165, 1.54) is 0 Å². The van der Waals surface area contributed by atoms with Crippen LogP contribution in [0.3, 0.4) is 0 Å². The lowest BCUT2D eigenvalue weighted by Gasteiger charge is -2.51. The van der Waals surface area contributed by atoms with E-state index >= 15 is 0 Å². The summed E-state index contributed by atoms with van der Waals surface area (Å²) in [5.74, 6) is -0.527. The summed E-state index contributed by atoms with van der Waals surface area (Å²) in [6, 6.07) is 0. The summed E-state index contributed by atoms with van der Waals surface area (Å²) in [7, 11) is 3.24. The fourth-order valence-corrected chi connectivity index (χ4v) is 3.07. The summed E-state index contributed by atoms with van der Waals surface area (Å²) in [5, 5.41) is 10.0. The molecule has 2 rings (SSSR count). The second-order valence-corrected chi connectivity index (χ2v) is 4.25. The number of aliphatic hydroxyl groups excluding tert-OH is 1. The van der Waals surface area contributed by atoms with Crippen molar-refractivity contribution in [1.29, 1.82) is 0 Å². The van der Waals surface area contributed by atoms with Gasteiger partial charge in [-0.1, -0.05) is 6.92 Å². The number of aliphatic hydroxyl groups is 1. The van der Waals surface area contributed by atoms with E-state index in [0.717, 1.165) is 0 Å². The minimum absolute atomic E-state index is 0.0347. The third kappa shape index (κ3) is 0.972. The van der Waals surface area contributed by atoms with Gasteiger partial charge in [0.1, 0.15) is 0 Å². The lowest BCUT2D eigenvalue weighted by molar-refractivity contribution is -0.381. The first-order valence-corrected chi connectivity index (χ1v) is 5.02. The fourth-order valence-electron chi connectivity index (χ4n) is 3.07. The second kappa shape index (κ2) is 3.17. The van der Waals surface area contributed by atoms with Crippen LogP contribution in [0.5, 0.6) is 0 Å². The highest BCUT2D eigenvalue weighted by atomic mass is 16.7. The molecule has 6 unspecified atom stereocenters. The zero-order valence-electron chi connectivity index (χ0n) is 9.06. The highest BCUT2D eigenvalue weighted by molar-refractivity contribution is 5.11. The Bertz CT molecular complexity index is 232. The lowest BCUT2D eigenvalue weighted by Crippen LogP contribution is -2.62. The molecule has 1 heterocycles. The molecule has 0 bridgehead atoms. The number of methoxy groups -OCH3 is 2. The van der Waals surface area contributed by atoms with E-state index in [9.17, 15) is 5.11 Å². The molecule has 1 saturated carbocycles. The first-order chi connectivity index (χ1) is 6.58. The Morgan fingerprint density at radius 1 is 1.29 bits per heavy atom. The van der Waals surface area contributed by atoms with Crippen LogP contribution in [0, 0.1) is 11.8 Å². The number of hydrogen-bond donors (Lipinski definition) is 1. The standard InChI is InChI=1S/C10H18O4/c1-5-9(12-3)8(11)7-6(2)14-10(5,7)13-4/h5-9,11H,1-4H3. The first-order valence-electron chi connectivity index (χ1n) is 5.02. The highest BCUT2D eigenvalue weighted by Gasteiger charge is 2.69. The van der Waals surface area contributed by atoms with Gasteiger partial charge >= 0.3 is 0 Å². The molecule has 6 atom stereocenters. The van der Waals surface area contributed by atoms with Gasteiger partial charge in [0.25, 0.3) is 0 Å². The van der Waals surface area contributed by atoms with E-state index in [0.29, 0.717) is 0 Å². The van der Waals surface area contributed by atoms with Gasteiger partial charge in [-0.25, -0.2) is 0 Å². The van der Waals surface area contributed by atoms with Gasteiger partial charge in [-0.05, 0) is 6.92 Å². The molecule has 4 heteroatoms. The maximum Gasteiger partial charge on any atom is 0.181 e. The molecule has 1 aliphatic carbocycles. The van der Waals surface area contributed by atoms with Crippen molar-refractivity contribution in [3.8, 4) is 0 Å². The molecule has 1 N–H and O–H groups in total. The summed E-state index contributed by atoms with van der Waals surface area (Å²) in [6.45, 7) is 3.95. The molecule has 0 amide bonds. The van der Waals surface area contributed by atoms with Gasteiger partial charge < -0.3 is 19.3 Å². The predicted molar refractivity (Wildman–Crippen MR) is 49.7 cm³/mol. The topological polar surface area (TPSA) is 47.9 Å². The van der Waals surface area contributed by atoms with Crippen molar-refractivity contribution in [2.75, 3.05) is 14.2 Å². The van der Waals surface area contributed by atoms with Gasteiger partial charge in [0, 0.05) is 20.1 Å². The van der Waals surface area contributed by atoms with E-state index in [4.69, 9.17) is 14.2 Å². The van der Waals surface area contributed by atoms with Crippen molar-refractivity contribution in [3.05, 3.63) is 0 Å². The molecule has 0 aromatic carbocycles. The van der Waals surface area contributed by atoms with Crippen molar-refractivity contribution in [1.82, 2.24) is 0 Å². The lowest BCUT2D eigenvalue weighted by atomic mass is 9.85. The summed E-state index contributed by atoms with van der Waals surface area (Å²) >= 11 is 0. The van der Waals surface area contributed by atoms with Crippen LogP contribution in [0.1, 0.15) is 13.8 Å². The molecule has 0 aromatic rings. The zero-order valence-corrected chi connectivity index (χ0v) is 9.06. The van der Waals surface area contributed by atoms with E-state index in [2.05, 4.69) is 0 Å². The maximum absolute atomic E-state index is 10.0.